The van der Waals surface area contributed by atoms with Crippen molar-refractivity contribution in [2.45, 2.75) is 6.42 Å². The van der Waals surface area contributed by atoms with E-state index < -0.39 is 0 Å². The molecule has 2 heterocycles. The van der Waals surface area contributed by atoms with E-state index in [0.29, 0.717) is 5.82 Å². The molecule has 6 heteroatoms. The standard InChI is InChI=1S/C14H16BrN3OS/c15-11-3-1-2-10(8-11)9-12-13(16)17-14(20-12)18-4-6-19-7-5-18/h1-3,8H,4-7,9,16H2. The molecule has 0 atom stereocenters. The van der Waals surface area contributed by atoms with Gasteiger partial charge in [-0.1, -0.05) is 39.4 Å². The summed E-state index contributed by atoms with van der Waals surface area (Å²) in [6, 6.07) is 8.30. The quantitative estimate of drug-likeness (QED) is 0.921. The number of halogens is 1. The van der Waals surface area contributed by atoms with Gasteiger partial charge in [0.1, 0.15) is 5.82 Å². The van der Waals surface area contributed by atoms with Crippen molar-refractivity contribution < 1.29 is 4.74 Å². The van der Waals surface area contributed by atoms with Crippen molar-refractivity contribution >= 4 is 38.2 Å². The maximum absolute atomic E-state index is 6.06. The Labute approximate surface area is 130 Å². The molecule has 0 saturated carbocycles. The molecule has 1 aromatic heterocycles. The van der Waals surface area contributed by atoms with E-state index >= 15 is 0 Å². The minimum absolute atomic E-state index is 0.650. The van der Waals surface area contributed by atoms with Crippen LogP contribution in [0.15, 0.2) is 28.7 Å². The molecule has 106 valence electrons. The number of morpholine rings is 1. The molecule has 1 aliphatic heterocycles. The summed E-state index contributed by atoms with van der Waals surface area (Å²) in [7, 11) is 0. The molecule has 1 aliphatic rings. The molecule has 0 radical (unpaired) electrons. The Morgan fingerprint density at radius 3 is 2.90 bits per heavy atom. The van der Waals surface area contributed by atoms with Crippen LogP contribution in [-0.2, 0) is 11.2 Å². The molecular weight excluding hydrogens is 338 g/mol. The zero-order valence-corrected chi connectivity index (χ0v) is 13.4. The van der Waals surface area contributed by atoms with E-state index in [4.69, 9.17) is 10.5 Å². The number of benzene rings is 1. The van der Waals surface area contributed by atoms with E-state index in [1.807, 2.05) is 12.1 Å². The van der Waals surface area contributed by atoms with Gasteiger partial charge in [-0.25, -0.2) is 4.98 Å². The molecule has 1 fully saturated rings. The van der Waals surface area contributed by atoms with Crippen molar-refractivity contribution in [2.24, 2.45) is 0 Å². The molecule has 1 saturated heterocycles. The molecule has 2 N–H and O–H groups in total. The summed E-state index contributed by atoms with van der Waals surface area (Å²) in [6.45, 7) is 3.31. The van der Waals surface area contributed by atoms with Gasteiger partial charge >= 0.3 is 0 Å². The maximum atomic E-state index is 6.06. The SMILES string of the molecule is Nc1nc(N2CCOCC2)sc1Cc1cccc(Br)c1. The van der Waals surface area contributed by atoms with E-state index in [1.165, 1.54) is 5.56 Å². The fourth-order valence-electron chi connectivity index (χ4n) is 2.20. The first-order valence-electron chi connectivity index (χ1n) is 6.55. The fourth-order valence-corrected chi connectivity index (χ4v) is 3.71. The van der Waals surface area contributed by atoms with Crippen molar-refractivity contribution in [3.05, 3.63) is 39.2 Å². The Balaban J connectivity index is 1.78. The van der Waals surface area contributed by atoms with Crippen LogP contribution in [0.1, 0.15) is 10.4 Å². The lowest BCUT2D eigenvalue weighted by atomic mass is 10.1. The van der Waals surface area contributed by atoms with Gasteiger partial charge in [-0.05, 0) is 17.7 Å². The number of nitrogen functional groups attached to an aromatic ring is 1. The molecule has 0 spiro atoms. The number of hydrogen-bond donors (Lipinski definition) is 1. The van der Waals surface area contributed by atoms with E-state index in [-0.39, 0.29) is 0 Å². The summed E-state index contributed by atoms with van der Waals surface area (Å²) in [5.74, 6) is 0.650. The summed E-state index contributed by atoms with van der Waals surface area (Å²) in [4.78, 5) is 7.88. The van der Waals surface area contributed by atoms with Gasteiger partial charge in [0.2, 0.25) is 0 Å². The first kappa shape index (κ1) is 13.9. The van der Waals surface area contributed by atoms with Crippen LogP contribution >= 0.6 is 27.3 Å². The lowest BCUT2D eigenvalue weighted by Gasteiger charge is -2.25. The van der Waals surface area contributed by atoms with Gasteiger partial charge in [-0.3, -0.25) is 0 Å². The molecular formula is C14H16BrN3OS. The number of anilines is 2. The second kappa shape index (κ2) is 6.11. The Morgan fingerprint density at radius 2 is 2.15 bits per heavy atom. The monoisotopic (exact) mass is 353 g/mol. The maximum Gasteiger partial charge on any atom is 0.187 e. The van der Waals surface area contributed by atoms with E-state index in [1.54, 1.807) is 11.3 Å². The molecule has 20 heavy (non-hydrogen) atoms. The molecule has 1 aromatic carbocycles. The zero-order chi connectivity index (χ0) is 13.9. The van der Waals surface area contributed by atoms with E-state index in [0.717, 1.165) is 47.2 Å². The molecule has 3 rings (SSSR count). The minimum atomic E-state index is 0.650. The van der Waals surface area contributed by atoms with Gasteiger partial charge < -0.3 is 15.4 Å². The summed E-state index contributed by atoms with van der Waals surface area (Å²) in [5.41, 5.74) is 7.30. The van der Waals surface area contributed by atoms with Crippen LogP contribution in [0.3, 0.4) is 0 Å². The summed E-state index contributed by atoms with van der Waals surface area (Å²) in [5, 5.41) is 1.01. The van der Waals surface area contributed by atoms with Gasteiger partial charge in [-0.15, -0.1) is 0 Å². The number of ether oxygens (including phenoxy) is 1. The third-order valence-electron chi connectivity index (χ3n) is 3.25. The topological polar surface area (TPSA) is 51.4 Å². The highest BCUT2D eigenvalue weighted by molar-refractivity contribution is 9.10. The predicted octanol–water partition coefficient (Wildman–Crippen LogP) is 2.92. The van der Waals surface area contributed by atoms with Gasteiger partial charge in [-0.2, -0.15) is 0 Å². The van der Waals surface area contributed by atoms with Crippen molar-refractivity contribution in [2.75, 3.05) is 36.9 Å². The van der Waals surface area contributed by atoms with Crippen molar-refractivity contribution in [1.82, 2.24) is 4.98 Å². The first-order chi connectivity index (χ1) is 9.72. The number of hydrogen-bond acceptors (Lipinski definition) is 5. The Morgan fingerprint density at radius 1 is 1.35 bits per heavy atom. The number of thiazole rings is 1. The smallest absolute Gasteiger partial charge is 0.187 e. The number of aromatic nitrogens is 1. The van der Waals surface area contributed by atoms with Crippen LogP contribution in [0.25, 0.3) is 0 Å². The predicted molar refractivity (Wildman–Crippen MR) is 86.5 cm³/mol. The Hall–Kier alpha value is -1.11. The van der Waals surface area contributed by atoms with Gasteiger partial charge in [0.15, 0.2) is 5.13 Å². The normalized spacial score (nSPS) is 15.6. The summed E-state index contributed by atoms with van der Waals surface area (Å²) >= 11 is 5.18. The van der Waals surface area contributed by atoms with Crippen LogP contribution in [0.2, 0.25) is 0 Å². The lowest BCUT2D eigenvalue weighted by molar-refractivity contribution is 0.122. The molecule has 0 amide bonds. The highest BCUT2D eigenvalue weighted by Crippen LogP contribution is 2.30. The molecule has 4 nitrogen and oxygen atoms in total. The first-order valence-corrected chi connectivity index (χ1v) is 8.15. The summed E-state index contributed by atoms with van der Waals surface area (Å²) < 4.78 is 6.46. The average molecular weight is 354 g/mol. The molecule has 0 bridgehead atoms. The lowest BCUT2D eigenvalue weighted by Crippen LogP contribution is -2.36. The van der Waals surface area contributed by atoms with Crippen LogP contribution in [0.5, 0.6) is 0 Å². The van der Waals surface area contributed by atoms with E-state index in [2.05, 4.69) is 37.9 Å². The van der Waals surface area contributed by atoms with Crippen molar-refractivity contribution in [3.63, 3.8) is 0 Å². The van der Waals surface area contributed by atoms with Gasteiger partial charge in [0, 0.05) is 24.0 Å². The summed E-state index contributed by atoms with van der Waals surface area (Å²) in [6.07, 6.45) is 0.827. The number of rotatable bonds is 3. The Kier molecular flexibility index (Phi) is 4.24. The van der Waals surface area contributed by atoms with Gasteiger partial charge in [0.25, 0.3) is 0 Å². The van der Waals surface area contributed by atoms with Crippen LogP contribution in [0.4, 0.5) is 10.9 Å². The molecule has 2 aromatic rings. The molecule has 0 aliphatic carbocycles. The second-order valence-corrected chi connectivity index (χ2v) is 6.69. The van der Waals surface area contributed by atoms with Crippen LogP contribution in [-0.4, -0.2) is 31.3 Å². The fraction of sp³-hybridized carbons (Fsp3) is 0.357. The number of nitrogens with two attached hydrogens (primary N) is 1. The number of nitrogens with zero attached hydrogens (tertiary/aromatic N) is 2. The van der Waals surface area contributed by atoms with Gasteiger partial charge in [0.05, 0.1) is 18.1 Å². The minimum Gasteiger partial charge on any atom is -0.383 e. The van der Waals surface area contributed by atoms with Crippen molar-refractivity contribution in [1.29, 1.82) is 0 Å². The highest BCUT2D eigenvalue weighted by Gasteiger charge is 2.17. The zero-order valence-electron chi connectivity index (χ0n) is 11.0. The Bertz CT molecular complexity index is 596. The van der Waals surface area contributed by atoms with Crippen LogP contribution in [0, 0.1) is 0 Å². The van der Waals surface area contributed by atoms with Crippen LogP contribution < -0.4 is 10.6 Å². The van der Waals surface area contributed by atoms with Crippen molar-refractivity contribution in [3.8, 4) is 0 Å². The third-order valence-corrected chi connectivity index (χ3v) is 4.88. The van der Waals surface area contributed by atoms with E-state index in [9.17, 15) is 0 Å². The largest absolute Gasteiger partial charge is 0.383 e. The molecule has 0 unspecified atom stereocenters. The third kappa shape index (κ3) is 3.13. The second-order valence-electron chi connectivity index (χ2n) is 4.71. The highest BCUT2D eigenvalue weighted by atomic mass is 79.9. The average Bonchev–Trinajstić information content (AvgIpc) is 2.81.